The molecule has 13 aliphatic rings. The van der Waals surface area contributed by atoms with Crippen molar-refractivity contribution >= 4 is 11.6 Å². The average Bonchev–Trinajstić information content (AvgIpc) is 1.60. The van der Waals surface area contributed by atoms with Gasteiger partial charge in [0.15, 0.2) is 68.2 Å². The number of aliphatic hydroxyl groups excluding tert-OH is 17. The number of hydrogen-bond donors (Lipinski definition) is 39. The zero-order chi connectivity index (χ0) is 110. The number of hydrogen-bond acceptors (Lipinski definition) is 59. The average molecular weight is 2180 g/mol. The van der Waals surface area contributed by atoms with Gasteiger partial charge in [-0.15, -0.1) is 0 Å². The van der Waals surface area contributed by atoms with E-state index in [-0.39, 0.29) is 83.1 Å². The number of nitrogens with one attached hydrogen (secondary N) is 3. The minimum Gasteiger partial charge on any atom is -0.394 e. The third-order valence-corrected chi connectivity index (χ3v) is 30.8. The fourth-order valence-electron chi connectivity index (χ4n) is 21.3. The lowest BCUT2D eigenvalue weighted by Crippen LogP contribution is -2.64. The van der Waals surface area contributed by atoms with Gasteiger partial charge in [0.1, 0.15) is 158 Å². The highest BCUT2D eigenvalue weighted by atomic mass is 16.8. The van der Waals surface area contributed by atoms with Gasteiger partial charge in [0.2, 0.25) is 0 Å². The molecule has 0 amide bonds. The second kappa shape index (κ2) is 60.1. The van der Waals surface area contributed by atoms with Gasteiger partial charge in [-0.1, -0.05) is 0 Å². The standard InChI is InChI=1S/C31H59N7O13.C30H59N7O13.C30H61N7O12/c32-4-1-5-38-10-13-2-3-14(34)28(46-13)49-25-15(35)6-12(7-19(40)31(45)8-18(31)36)21(41)27(25)51-30-24(44)26(17(11-39)48-30)50-29-20(37)23(43)22(42)16(9-33)47-29;31-4-1-5-37-10-13-2-3-14(34)28(45-13)48-25-15(35)6-12(7-16(39)17(40)8-32)21(41)27(25)50-30-24(44)26(19(11-38)47-30)49-29-20(36)23(43)22(42)18(9-33)46-29;31-6-1-7-37-11-15-4-5-16(34)28(44-15)47-25-17(35)8-13(2-3-14(39)9-32)21(40)27(25)49-30-24(43)26(19(12-38)46-30)48-29-20(36)23(42)22(41)18(10-33)45-29/h12-18,20-30,38-39,41-45H,1-11,32-37H2;12-15,17-30,37-38,40-44H,1-11,31-36H2;13-30,37-43H,1-12,31-36H2/t12-,13-,14+,15-,16-,17+,18?,20+,21-,22+,23+,24+,25+,26+,27+,28+,29+,30-,31?;12-,13-,14+,15-,17?,18-,19+,20+,21-,22+,23+,24+,25+,26+,27+,28+,29+,30-;13-,14?,15+,16-,17+,18+,19-,20-,21+,22-,23-,24-,25-,26-,27-,28-,29-,30+/m001/s1. The van der Waals surface area contributed by atoms with E-state index in [0.717, 1.165) is 25.8 Å². The smallest absolute Gasteiger partial charge is 0.187 e. The monoisotopic (exact) mass is 2170 g/mol. The Morgan fingerprint density at radius 1 is 0.327 bits per heavy atom. The second-order valence-corrected chi connectivity index (χ2v) is 41.9. The minimum absolute atomic E-state index is 0.0576. The summed E-state index contributed by atoms with van der Waals surface area (Å²) in [5, 5.41) is 202. The molecule has 9 aliphatic heterocycles. The lowest BCUT2D eigenvalue weighted by molar-refractivity contribution is -0.292. The molecule has 55 atom stereocenters. The van der Waals surface area contributed by atoms with Crippen molar-refractivity contribution in [1.82, 2.24) is 16.0 Å². The summed E-state index contributed by atoms with van der Waals surface area (Å²) in [7, 11) is 0. The van der Waals surface area contributed by atoms with Crippen LogP contribution in [0.5, 0.6) is 0 Å². The van der Waals surface area contributed by atoms with Gasteiger partial charge in [-0.05, 0) is 147 Å². The molecule has 0 aromatic rings. The predicted molar refractivity (Wildman–Crippen MR) is 522 cm³/mol. The highest BCUT2D eigenvalue weighted by Gasteiger charge is 2.62. The molecular weight excluding hydrogens is 2000 g/mol. The molecular formula is C91H179N21O38. The number of carbonyl (C=O) groups is 2. The summed E-state index contributed by atoms with van der Waals surface area (Å²) < 4.78 is 109. The summed E-state index contributed by atoms with van der Waals surface area (Å²) in [5.74, 6) is -3.18. The van der Waals surface area contributed by atoms with Gasteiger partial charge in [0.05, 0.1) is 98.8 Å². The molecule has 4 aliphatic carbocycles. The number of ketones is 2. The normalized spacial score (nSPS) is 46.3. The van der Waals surface area contributed by atoms with E-state index in [0.29, 0.717) is 110 Å². The van der Waals surface area contributed by atoms with Crippen molar-refractivity contribution < 1.29 is 187 Å². The molecule has 150 heavy (non-hydrogen) atoms. The first-order valence-electron chi connectivity index (χ1n) is 52.7. The van der Waals surface area contributed by atoms with Crippen molar-refractivity contribution in [2.75, 3.05) is 111 Å². The molecule has 0 spiro atoms. The topological polar surface area (TPSA) is 1070 Å². The Labute approximate surface area is 870 Å². The minimum atomic E-state index is -1.68. The molecule has 4 saturated carbocycles. The number of Topliss-reactive ketones (excluding diaryl/α,β-unsaturated/α-hetero) is 2. The van der Waals surface area contributed by atoms with Gasteiger partial charge in [0, 0.05) is 95.8 Å². The highest BCUT2D eigenvalue weighted by molar-refractivity contribution is 5.91. The fraction of sp³-hybridized carbons (Fsp3) is 0.978. The largest absolute Gasteiger partial charge is 0.394 e. The van der Waals surface area contributed by atoms with Crippen molar-refractivity contribution in [3.63, 3.8) is 0 Å². The van der Waals surface area contributed by atoms with Crippen molar-refractivity contribution in [1.29, 1.82) is 0 Å². The van der Waals surface area contributed by atoms with Gasteiger partial charge < -0.3 is 296 Å². The Morgan fingerprint density at radius 3 is 0.900 bits per heavy atom. The molecule has 0 aromatic heterocycles. The van der Waals surface area contributed by atoms with Crippen molar-refractivity contribution in [2.24, 2.45) is 121 Å². The van der Waals surface area contributed by atoms with Gasteiger partial charge in [0.25, 0.3) is 0 Å². The van der Waals surface area contributed by atoms with Gasteiger partial charge in [-0.2, -0.15) is 0 Å². The Bertz CT molecular complexity index is 3890. The molecule has 9 heterocycles. The van der Waals surface area contributed by atoms with E-state index in [1.165, 1.54) is 0 Å². The van der Waals surface area contributed by atoms with E-state index >= 15 is 0 Å². The molecule has 876 valence electrons. The Morgan fingerprint density at radius 2 is 0.613 bits per heavy atom. The number of nitrogens with two attached hydrogens (primary N) is 18. The molecule has 59 nitrogen and oxygen atoms in total. The summed E-state index contributed by atoms with van der Waals surface area (Å²) in [4.78, 5) is 25.7. The Kier molecular flexibility index (Phi) is 51.0. The van der Waals surface area contributed by atoms with Gasteiger partial charge in [-0.25, -0.2) is 0 Å². The maximum Gasteiger partial charge on any atom is 0.187 e. The molecule has 13 fully saturated rings. The highest BCUT2D eigenvalue weighted by Crippen LogP contribution is 2.45. The third kappa shape index (κ3) is 32.1. The number of aliphatic hydroxyl groups is 18. The summed E-state index contributed by atoms with van der Waals surface area (Å²) in [5.41, 5.74) is 106. The number of ether oxygens (including phenoxy) is 18. The molecule has 0 bridgehead atoms. The van der Waals surface area contributed by atoms with Crippen LogP contribution in [-0.4, -0.2) is 533 Å². The first kappa shape index (κ1) is 127. The van der Waals surface area contributed by atoms with Crippen LogP contribution in [0, 0.1) is 17.8 Å². The van der Waals surface area contributed by atoms with Crippen molar-refractivity contribution in [3.8, 4) is 0 Å². The maximum absolute atomic E-state index is 13.0. The third-order valence-electron chi connectivity index (χ3n) is 30.8. The van der Waals surface area contributed by atoms with Crippen LogP contribution >= 0.6 is 0 Å². The molecule has 0 aromatic carbocycles. The van der Waals surface area contributed by atoms with E-state index in [2.05, 4.69) is 16.0 Å². The molecule has 9 saturated heterocycles. The lowest BCUT2D eigenvalue weighted by Gasteiger charge is -2.47. The number of rotatable bonds is 50. The van der Waals surface area contributed by atoms with Crippen LogP contribution in [0.25, 0.3) is 0 Å². The zero-order valence-electron chi connectivity index (χ0n) is 84.8. The van der Waals surface area contributed by atoms with Gasteiger partial charge in [-0.3, -0.25) is 9.59 Å². The molecule has 13 rings (SSSR count). The Hall–Kier alpha value is -2.94. The van der Waals surface area contributed by atoms with Gasteiger partial charge >= 0.3 is 0 Å². The van der Waals surface area contributed by atoms with Crippen LogP contribution in [0.15, 0.2) is 0 Å². The molecule has 57 N–H and O–H groups in total. The zero-order valence-corrected chi connectivity index (χ0v) is 84.8. The van der Waals surface area contributed by atoms with Crippen LogP contribution in [0.3, 0.4) is 0 Å². The summed E-state index contributed by atoms with van der Waals surface area (Å²) in [6.45, 7) is 2.82. The van der Waals surface area contributed by atoms with Crippen LogP contribution in [0.1, 0.15) is 109 Å². The SMILES string of the molecule is NCCCNC[C@@H]1CC[C@@H](N)[C@@H](O[C@H]2[C@H](O[C@@H]3O[C@H](CO)[C@@H](O[C@H]4O[C@@H](CN)[C@@H](O)[C@H](O)[C@H]4N)[C@H]3O)[C@@H](O)[C@H](CC(=O)C(O)CN)C[C@@H]2N)O1.NCCCNC[C@@H]1CC[C@@H](N)[C@@H](O[C@H]2[C@H](O[C@@H]3O[C@H](CO)[C@@H](O[C@H]4O[C@@H](CN)[C@@H](O)[C@H](O)[C@H]4N)[C@H]3O)[C@@H](O)[C@H](CC(=O)C3(O)CC3N)C[C@@H]2N)O1.NCCCNC[C@@H]1CC[C@@H](N)[C@@H](O[C@H]2[C@H](O[C@@H]3O[C@H](CO)[C@@H](O[C@H]4O[C@@H](CN)[C@@H](O)[C@H](O)[C@H]4N)[C@H]3O)[C@@H](O)[C@H](CCC(O)CN)C[C@@H]2N)O1. The molecule has 4 unspecified atom stereocenters. The lowest BCUT2D eigenvalue weighted by atomic mass is 9.76. The first-order chi connectivity index (χ1) is 71.5. The van der Waals surface area contributed by atoms with Crippen LogP contribution in [-0.2, 0) is 94.9 Å². The van der Waals surface area contributed by atoms with Crippen LogP contribution in [0.2, 0.25) is 0 Å². The summed E-state index contributed by atoms with van der Waals surface area (Å²) in [6, 6.07) is -8.37. The second-order valence-electron chi connectivity index (χ2n) is 41.9. The fourth-order valence-corrected chi connectivity index (χ4v) is 21.3. The number of carbonyl (C=O) groups excluding carboxylic acids is 2. The summed E-state index contributed by atoms with van der Waals surface area (Å²) >= 11 is 0. The van der Waals surface area contributed by atoms with E-state index in [1.54, 1.807) is 0 Å². The van der Waals surface area contributed by atoms with Crippen molar-refractivity contribution in [3.05, 3.63) is 0 Å². The van der Waals surface area contributed by atoms with E-state index in [4.69, 9.17) is 188 Å². The van der Waals surface area contributed by atoms with Crippen LogP contribution < -0.4 is 119 Å². The van der Waals surface area contributed by atoms with Crippen molar-refractivity contribution in [2.45, 2.75) is 427 Å². The predicted octanol–water partition coefficient (Wildman–Crippen LogP) is -20.9. The molecule has 0 radical (unpaired) electrons. The van der Waals surface area contributed by atoms with E-state index in [9.17, 15) is 102 Å². The summed E-state index contributed by atoms with van der Waals surface area (Å²) in [6.07, 6.45) is -42.0. The van der Waals surface area contributed by atoms with E-state index < -0.39 is 349 Å². The maximum atomic E-state index is 13.0. The Balaban J connectivity index is 0.000000213. The van der Waals surface area contributed by atoms with E-state index in [1.807, 2.05) is 0 Å². The van der Waals surface area contributed by atoms with Crippen LogP contribution in [0.4, 0.5) is 0 Å². The molecule has 59 heteroatoms. The first-order valence-corrected chi connectivity index (χ1v) is 52.7. The quantitative estimate of drug-likeness (QED) is 0.0252.